The Morgan fingerprint density at radius 2 is 2.15 bits per heavy atom. The average Bonchev–Trinajstić information content (AvgIpc) is 2.47. The predicted octanol–water partition coefficient (Wildman–Crippen LogP) is 1.60. The highest BCUT2D eigenvalue weighted by Gasteiger charge is 2.17. The third-order valence-corrected chi connectivity index (χ3v) is 2.74. The molecule has 0 atom stereocenters. The number of esters is 1. The summed E-state index contributed by atoms with van der Waals surface area (Å²) in [5.41, 5.74) is 0.0245. The predicted molar refractivity (Wildman–Crippen MR) is 75.4 cm³/mol. The van der Waals surface area contributed by atoms with Crippen molar-refractivity contribution in [2.45, 2.75) is 20.4 Å². The monoisotopic (exact) mass is 270 g/mol. The molecule has 20 heavy (non-hydrogen) atoms. The lowest BCUT2D eigenvalue weighted by molar-refractivity contribution is 0.0515. The van der Waals surface area contributed by atoms with E-state index in [1.807, 2.05) is 6.07 Å². The van der Waals surface area contributed by atoms with E-state index < -0.39 is 11.4 Å². The third kappa shape index (κ3) is 2.54. The molecule has 102 valence electrons. The zero-order valence-corrected chi connectivity index (χ0v) is 11.3. The summed E-state index contributed by atoms with van der Waals surface area (Å²) in [4.78, 5) is 24.1. The fraction of sp³-hybridized carbons (Fsp3) is 0.267. The van der Waals surface area contributed by atoms with E-state index in [9.17, 15) is 9.59 Å². The van der Waals surface area contributed by atoms with Crippen LogP contribution in [0.1, 0.15) is 24.3 Å². The van der Waals surface area contributed by atoms with Crippen LogP contribution in [-0.2, 0) is 11.3 Å². The Bertz CT molecular complexity index is 766. The van der Waals surface area contributed by atoms with Crippen LogP contribution in [0.5, 0.6) is 0 Å². The lowest BCUT2D eigenvalue weighted by Crippen LogP contribution is -2.24. The highest BCUT2D eigenvalue weighted by molar-refractivity contribution is 5.91. The number of hydrogen-bond acceptors (Lipinski definition) is 4. The van der Waals surface area contributed by atoms with Gasteiger partial charge < -0.3 is 4.74 Å². The van der Waals surface area contributed by atoms with E-state index in [1.54, 1.807) is 36.7 Å². The van der Waals surface area contributed by atoms with Gasteiger partial charge in [0, 0.05) is 5.39 Å². The van der Waals surface area contributed by atoms with Crippen molar-refractivity contribution >= 4 is 16.9 Å². The maximum absolute atomic E-state index is 12.3. The number of carbonyl (C=O) groups is 1. The van der Waals surface area contributed by atoms with E-state index in [0.717, 1.165) is 0 Å². The minimum atomic E-state index is -0.707. The summed E-state index contributed by atoms with van der Waals surface area (Å²) in [6.07, 6.45) is 0. The van der Waals surface area contributed by atoms with Crippen molar-refractivity contribution < 1.29 is 9.53 Å². The van der Waals surface area contributed by atoms with Gasteiger partial charge in [0.15, 0.2) is 0 Å². The van der Waals surface area contributed by atoms with Gasteiger partial charge in [-0.3, -0.25) is 9.48 Å². The first kappa shape index (κ1) is 13.8. The molecular formula is C15H14N2O3. The van der Waals surface area contributed by atoms with Crippen molar-refractivity contribution in [3.63, 3.8) is 0 Å². The van der Waals surface area contributed by atoms with Crippen molar-refractivity contribution in [1.29, 1.82) is 0 Å². The Kier molecular flexibility index (Phi) is 4.16. The SMILES string of the molecule is CC#CCn1nc(C(=O)OCC)c(=O)c2ccccc21. The molecule has 2 aromatic rings. The maximum Gasteiger partial charge on any atom is 0.362 e. The second-order valence-electron chi connectivity index (χ2n) is 4.00. The molecule has 0 bridgehead atoms. The summed E-state index contributed by atoms with van der Waals surface area (Å²) in [5, 5.41) is 4.52. The van der Waals surface area contributed by atoms with E-state index in [2.05, 4.69) is 16.9 Å². The Labute approximate surface area is 116 Å². The lowest BCUT2D eigenvalue weighted by atomic mass is 10.2. The van der Waals surface area contributed by atoms with Crippen molar-refractivity contribution in [1.82, 2.24) is 9.78 Å². The molecule has 0 aliphatic rings. The molecule has 0 fully saturated rings. The molecule has 5 nitrogen and oxygen atoms in total. The average molecular weight is 270 g/mol. The van der Waals surface area contributed by atoms with Crippen LogP contribution in [0.25, 0.3) is 10.9 Å². The standard InChI is InChI=1S/C15H14N2O3/c1-3-5-10-17-12-9-7-6-8-11(12)14(18)13(16-17)15(19)20-4-2/h6-9H,4,10H2,1-2H3. The molecule has 1 heterocycles. The topological polar surface area (TPSA) is 61.2 Å². The molecule has 0 aliphatic heterocycles. The summed E-state index contributed by atoms with van der Waals surface area (Å²) in [7, 11) is 0. The second-order valence-corrected chi connectivity index (χ2v) is 4.00. The number of hydrogen-bond donors (Lipinski definition) is 0. The number of nitrogens with zero attached hydrogens (tertiary/aromatic N) is 2. The van der Waals surface area contributed by atoms with Crippen molar-refractivity contribution in [3.05, 3.63) is 40.2 Å². The van der Waals surface area contributed by atoms with Gasteiger partial charge in [-0.15, -0.1) is 5.92 Å². The zero-order valence-electron chi connectivity index (χ0n) is 11.3. The van der Waals surface area contributed by atoms with Gasteiger partial charge in [0.1, 0.15) is 6.54 Å². The molecule has 0 saturated carbocycles. The van der Waals surface area contributed by atoms with Gasteiger partial charge in [-0.05, 0) is 26.0 Å². The van der Waals surface area contributed by atoms with E-state index in [4.69, 9.17) is 4.74 Å². The van der Waals surface area contributed by atoms with E-state index in [0.29, 0.717) is 17.4 Å². The molecule has 0 N–H and O–H groups in total. The van der Waals surface area contributed by atoms with Crippen molar-refractivity contribution in [2.75, 3.05) is 6.61 Å². The van der Waals surface area contributed by atoms with E-state index in [1.165, 1.54) is 0 Å². The molecule has 0 unspecified atom stereocenters. The first-order chi connectivity index (χ1) is 9.69. The number of rotatable bonds is 3. The first-order valence-corrected chi connectivity index (χ1v) is 6.25. The summed E-state index contributed by atoms with van der Waals surface area (Å²) >= 11 is 0. The lowest BCUT2D eigenvalue weighted by Gasteiger charge is -2.09. The normalized spacial score (nSPS) is 9.90. The molecule has 0 saturated heterocycles. The Hall–Kier alpha value is -2.61. The number of para-hydroxylation sites is 1. The van der Waals surface area contributed by atoms with Gasteiger partial charge in [-0.1, -0.05) is 18.1 Å². The Morgan fingerprint density at radius 3 is 2.85 bits per heavy atom. The summed E-state index contributed by atoms with van der Waals surface area (Å²) in [6, 6.07) is 6.99. The number of carbonyl (C=O) groups excluding carboxylic acids is 1. The fourth-order valence-electron chi connectivity index (χ4n) is 1.85. The van der Waals surface area contributed by atoms with Gasteiger partial charge >= 0.3 is 5.97 Å². The van der Waals surface area contributed by atoms with Crippen LogP contribution in [0.4, 0.5) is 0 Å². The molecule has 0 spiro atoms. The third-order valence-electron chi connectivity index (χ3n) is 2.74. The van der Waals surface area contributed by atoms with Crippen LogP contribution < -0.4 is 5.43 Å². The Morgan fingerprint density at radius 1 is 1.40 bits per heavy atom. The van der Waals surface area contributed by atoms with Gasteiger partial charge in [0.05, 0.1) is 12.1 Å². The quantitative estimate of drug-likeness (QED) is 0.628. The number of benzene rings is 1. The molecule has 1 aromatic heterocycles. The largest absolute Gasteiger partial charge is 0.461 e. The molecule has 0 amide bonds. The second kappa shape index (κ2) is 6.02. The number of aromatic nitrogens is 2. The Balaban J connectivity index is 2.70. The van der Waals surface area contributed by atoms with E-state index >= 15 is 0 Å². The molecule has 2 rings (SSSR count). The van der Waals surface area contributed by atoms with Crippen LogP contribution in [0, 0.1) is 11.8 Å². The number of fused-ring (bicyclic) bond motifs is 1. The minimum Gasteiger partial charge on any atom is -0.461 e. The smallest absolute Gasteiger partial charge is 0.362 e. The van der Waals surface area contributed by atoms with Gasteiger partial charge in [-0.2, -0.15) is 5.10 Å². The molecular weight excluding hydrogens is 256 g/mol. The summed E-state index contributed by atoms with van der Waals surface area (Å²) in [6.45, 7) is 3.91. The highest BCUT2D eigenvalue weighted by atomic mass is 16.5. The summed E-state index contributed by atoms with van der Waals surface area (Å²) in [5.74, 6) is 4.93. The fourth-order valence-corrected chi connectivity index (χ4v) is 1.85. The molecule has 1 aromatic carbocycles. The van der Waals surface area contributed by atoms with Crippen LogP contribution >= 0.6 is 0 Å². The van der Waals surface area contributed by atoms with Crippen LogP contribution in [0.2, 0.25) is 0 Å². The molecule has 0 aliphatic carbocycles. The van der Waals surface area contributed by atoms with Crippen LogP contribution in [-0.4, -0.2) is 22.4 Å². The van der Waals surface area contributed by atoms with Crippen molar-refractivity contribution in [3.8, 4) is 11.8 Å². The first-order valence-electron chi connectivity index (χ1n) is 6.25. The number of ether oxygens (including phenoxy) is 1. The highest BCUT2D eigenvalue weighted by Crippen LogP contribution is 2.09. The van der Waals surface area contributed by atoms with Crippen molar-refractivity contribution in [2.24, 2.45) is 0 Å². The minimum absolute atomic E-state index is 0.196. The van der Waals surface area contributed by atoms with Crippen LogP contribution in [0.3, 0.4) is 0 Å². The van der Waals surface area contributed by atoms with Crippen LogP contribution in [0.15, 0.2) is 29.1 Å². The molecule has 5 heteroatoms. The maximum atomic E-state index is 12.3. The van der Waals surface area contributed by atoms with Gasteiger partial charge in [0.25, 0.3) is 0 Å². The van der Waals surface area contributed by atoms with Gasteiger partial charge in [0.2, 0.25) is 11.1 Å². The summed E-state index contributed by atoms with van der Waals surface area (Å²) < 4.78 is 6.41. The van der Waals surface area contributed by atoms with Gasteiger partial charge in [-0.25, -0.2) is 4.79 Å². The molecule has 0 radical (unpaired) electrons. The zero-order chi connectivity index (χ0) is 14.5. The van der Waals surface area contributed by atoms with E-state index in [-0.39, 0.29) is 12.3 Å².